The zero-order valence-electron chi connectivity index (χ0n) is 9.58. The van der Waals surface area contributed by atoms with Gasteiger partial charge in [0.2, 0.25) is 0 Å². The van der Waals surface area contributed by atoms with E-state index in [0.717, 1.165) is 0 Å². The second-order valence-corrected chi connectivity index (χ2v) is 4.40. The Morgan fingerprint density at radius 3 is 1.47 bits per heavy atom. The van der Waals surface area contributed by atoms with Gasteiger partial charge in [0.25, 0.3) is 0 Å². The van der Waals surface area contributed by atoms with Crippen molar-refractivity contribution in [2.75, 3.05) is 13.1 Å². The third kappa shape index (κ3) is 10.1. The van der Waals surface area contributed by atoms with Gasteiger partial charge in [-0.1, -0.05) is 13.8 Å². The molecule has 2 atom stereocenters. The molecule has 0 fully saturated rings. The molecule has 0 aromatic carbocycles. The van der Waals surface area contributed by atoms with Crippen LogP contribution in [0.5, 0.6) is 0 Å². The molecule has 0 rings (SSSR count). The molecule has 7 heteroatoms. The average Bonchev–Trinajstić information content (AvgIpc) is 2.03. The molecule has 6 nitrogen and oxygen atoms in total. The predicted molar refractivity (Wildman–Crippen MR) is 57.8 cm³/mol. The molecule has 0 aromatic heterocycles. The lowest BCUT2D eigenvalue weighted by Crippen LogP contribution is -2.40. The van der Waals surface area contributed by atoms with Gasteiger partial charge in [0.15, 0.2) is 0 Å². The number of rotatable bonds is 5. The van der Waals surface area contributed by atoms with Crippen LogP contribution in [0.25, 0.3) is 0 Å². The van der Waals surface area contributed by atoms with Gasteiger partial charge in [-0.15, -0.1) is 0 Å². The van der Waals surface area contributed by atoms with Crippen molar-refractivity contribution in [1.82, 2.24) is 4.31 Å². The summed E-state index contributed by atoms with van der Waals surface area (Å²) in [5.74, 6) is 0. The van der Waals surface area contributed by atoms with Gasteiger partial charge in [-0.25, -0.2) is 0 Å². The number of aliphatic hydroxyl groups is 2. The molecule has 3 N–H and O–H groups in total. The Morgan fingerprint density at radius 1 is 1.07 bits per heavy atom. The van der Waals surface area contributed by atoms with E-state index in [-0.39, 0.29) is 13.1 Å². The summed E-state index contributed by atoms with van der Waals surface area (Å²) in [7, 11) is -4.34. The first kappa shape index (κ1) is 17.2. The van der Waals surface area contributed by atoms with Gasteiger partial charge in [-0.05, 0) is 13.8 Å². The summed E-state index contributed by atoms with van der Waals surface area (Å²) in [6.45, 7) is 6.31. The molecule has 94 valence electrons. The van der Waals surface area contributed by atoms with Gasteiger partial charge in [-0.2, -0.15) is 12.7 Å². The fourth-order valence-electron chi connectivity index (χ4n) is 0.852. The monoisotopic (exact) mass is 243 g/mol. The fraction of sp³-hybridized carbons (Fsp3) is 1.00. The average molecular weight is 243 g/mol. The summed E-state index contributed by atoms with van der Waals surface area (Å²) in [5, 5.41) is 17.8. The Kier molecular flexibility index (Phi) is 9.17. The normalized spacial score (nSPS) is 15.5. The van der Waals surface area contributed by atoms with E-state index in [1.807, 2.05) is 13.8 Å². The number of aliphatic hydroxyl groups excluding tert-OH is 2. The van der Waals surface area contributed by atoms with Crippen LogP contribution in [-0.2, 0) is 10.3 Å². The van der Waals surface area contributed by atoms with Crippen LogP contribution in [0.3, 0.4) is 0 Å². The topological polar surface area (TPSA) is 98.1 Å². The minimum absolute atomic E-state index is 0.232. The summed E-state index contributed by atoms with van der Waals surface area (Å²) in [6, 6.07) is 0. The van der Waals surface area contributed by atoms with Crippen LogP contribution in [0.1, 0.15) is 27.7 Å². The smallest absolute Gasteiger partial charge is 0.336 e. The zero-order chi connectivity index (χ0) is 12.6. The highest BCUT2D eigenvalue weighted by Gasteiger charge is 2.21. The molecule has 0 heterocycles. The maximum Gasteiger partial charge on any atom is 0.336 e. The molecule has 0 spiro atoms. The Hall–Kier alpha value is -0.210. The van der Waals surface area contributed by atoms with E-state index in [2.05, 4.69) is 0 Å². The maximum absolute atomic E-state index is 10.7. The summed E-state index contributed by atoms with van der Waals surface area (Å²) in [5.41, 5.74) is 0. The second-order valence-electron chi connectivity index (χ2n) is 2.99. The van der Waals surface area contributed by atoms with Crippen LogP contribution >= 0.6 is 0 Å². The summed E-state index contributed by atoms with van der Waals surface area (Å²) in [6.07, 6.45) is -1.78. The lowest BCUT2D eigenvalue weighted by atomic mass is 10.3. The van der Waals surface area contributed by atoms with Gasteiger partial charge in [0.05, 0.1) is 12.2 Å². The van der Waals surface area contributed by atoms with E-state index in [1.54, 1.807) is 0 Å². The third-order valence-electron chi connectivity index (χ3n) is 1.26. The van der Waals surface area contributed by atoms with Gasteiger partial charge < -0.3 is 10.2 Å². The zero-order valence-corrected chi connectivity index (χ0v) is 10.4. The Labute approximate surface area is 91.4 Å². The second kappa shape index (κ2) is 8.00. The molecular formula is C8H21NO5S. The number of nitrogens with zero attached hydrogens (tertiary/aromatic N) is 1. The third-order valence-corrected chi connectivity index (χ3v) is 2.21. The molecule has 0 aliphatic heterocycles. The van der Waals surface area contributed by atoms with Crippen LogP contribution < -0.4 is 0 Å². The van der Waals surface area contributed by atoms with Crippen molar-refractivity contribution >= 4 is 10.3 Å². The standard InChI is InChI=1S/C6H15NO5S.C2H6/c1-5(8)3-7(4-6(2)9)13(10,11)12;1-2/h5-6,8-9H,3-4H2,1-2H3,(H,10,11,12);1-2H3. The lowest BCUT2D eigenvalue weighted by molar-refractivity contribution is 0.120. The molecular weight excluding hydrogens is 222 g/mol. The highest BCUT2D eigenvalue weighted by atomic mass is 32.2. The molecule has 0 aliphatic carbocycles. The first-order valence-electron chi connectivity index (χ1n) is 4.82. The summed E-state index contributed by atoms with van der Waals surface area (Å²) in [4.78, 5) is 0. The van der Waals surface area contributed by atoms with Gasteiger partial charge in [0, 0.05) is 13.1 Å². The number of hydrogen-bond donors (Lipinski definition) is 3. The van der Waals surface area contributed by atoms with E-state index in [1.165, 1.54) is 13.8 Å². The first-order chi connectivity index (χ1) is 6.73. The van der Waals surface area contributed by atoms with Crippen LogP contribution in [0.15, 0.2) is 0 Å². The Balaban J connectivity index is 0. The lowest BCUT2D eigenvalue weighted by Gasteiger charge is -2.20. The van der Waals surface area contributed by atoms with Crippen molar-refractivity contribution in [3.63, 3.8) is 0 Å². The molecule has 0 bridgehead atoms. The van der Waals surface area contributed by atoms with Crippen molar-refractivity contribution in [2.24, 2.45) is 0 Å². The molecule has 15 heavy (non-hydrogen) atoms. The van der Waals surface area contributed by atoms with Crippen molar-refractivity contribution < 1.29 is 23.2 Å². The van der Waals surface area contributed by atoms with Gasteiger partial charge in [-0.3, -0.25) is 4.55 Å². The van der Waals surface area contributed by atoms with E-state index in [4.69, 9.17) is 14.8 Å². The van der Waals surface area contributed by atoms with Crippen LogP contribution in [0.2, 0.25) is 0 Å². The first-order valence-corrected chi connectivity index (χ1v) is 6.22. The van der Waals surface area contributed by atoms with Gasteiger partial charge in [0.1, 0.15) is 0 Å². The minimum atomic E-state index is -4.34. The fourth-order valence-corrected chi connectivity index (χ4v) is 1.66. The van der Waals surface area contributed by atoms with Crippen LogP contribution in [0, 0.1) is 0 Å². The van der Waals surface area contributed by atoms with Crippen molar-refractivity contribution in [3.8, 4) is 0 Å². The maximum atomic E-state index is 10.7. The molecule has 2 unspecified atom stereocenters. The van der Waals surface area contributed by atoms with Crippen molar-refractivity contribution in [1.29, 1.82) is 0 Å². The van der Waals surface area contributed by atoms with Crippen LogP contribution in [-0.4, -0.2) is 52.8 Å². The summed E-state index contributed by atoms with van der Waals surface area (Å²) >= 11 is 0. The van der Waals surface area contributed by atoms with Crippen molar-refractivity contribution in [2.45, 2.75) is 39.9 Å². The minimum Gasteiger partial charge on any atom is -0.392 e. The van der Waals surface area contributed by atoms with E-state index < -0.39 is 22.5 Å². The highest BCUT2D eigenvalue weighted by Crippen LogP contribution is 2.01. The van der Waals surface area contributed by atoms with Crippen LogP contribution in [0.4, 0.5) is 0 Å². The molecule has 0 radical (unpaired) electrons. The predicted octanol–water partition coefficient (Wildman–Crippen LogP) is -0.121. The van der Waals surface area contributed by atoms with E-state index in [0.29, 0.717) is 4.31 Å². The molecule has 0 amide bonds. The SMILES string of the molecule is CC.CC(O)CN(CC(C)O)S(=O)(=O)O. The Morgan fingerprint density at radius 2 is 1.33 bits per heavy atom. The summed E-state index contributed by atoms with van der Waals surface area (Å²) < 4.78 is 30.6. The number of hydrogen-bond acceptors (Lipinski definition) is 4. The molecule has 0 aromatic rings. The quantitative estimate of drug-likeness (QED) is 0.585. The highest BCUT2D eigenvalue weighted by molar-refractivity contribution is 7.83. The van der Waals surface area contributed by atoms with Crippen molar-refractivity contribution in [3.05, 3.63) is 0 Å². The van der Waals surface area contributed by atoms with Gasteiger partial charge >= 0.3 is 10.3 Å². The van der Waals surface area contributed by atoms with E-state index in [9.17, 15) is 8.42 Å². The molecule has 0 aliphatic rings. The van der Waals surface area contributed by atoms with E-state index >= 15 is 0 Å². The Bertz CT molecular complexity index is 227. The largest absolute Gasteiger partial charge is 0.392 e. The molecule has 0 saturated carbocycles. The molecule has 0 saturated heterocycles.